The Balaban J connectivity index is 2.19. The summed E-state index contributed by atoms with van der Waals surface area (Å²) in [5.74, 6) is -13.5. The molecule has 1 saturated heterocycles. The Morgan fingerprint density at radius 1 is 0.403 bits per heavy atom. The second-order valence-corrected chi connectivity index (χ2v) is 37.8. The number of benzene rings is 2. The van der Waals surface area contributed by atoms with Crippen LogP contribution in [0.2, 0.25) is 0 Å². The summed E-state index contributed by atoms with van der Waals surface area (Å²) in [5, 5.41) is 21.5. The largest absolute Gasteiger partial charge is 0.488 e. The molecule has 0 aliphatic carbocycles. The number of nitrogens with zero attached hydrogens (tertiary/aromatic N) is 1. The molecule has 0 radical (unpaired) electrons. The molecule has 0 saturated carbocycles. The maximum Gasteiger partial charge on any atom is 0.329 e. The number of amides is 9. The van der Waals surface area contributed by atoms with E-state index in [1.807, 2.05) is 34.6 Å². The fourth-order valence-electron chi connectivity index (χ4n) is 12.3. The highest BCUT2D eigenvalue weighted by atomic mass is 16.6. The smallest absolute Gasteiger partial charge is 0.329 e. The zero-order valence-electron chi connectivity index (χ0n) is 74.9. The number of esters is 6. The number of hydrogen-bond donors (Lipinski definition) is 9. The number of ether oxygens (including phenoxy) is 7. The van der Waals surface area contributed by atoms with Crippen LogP contribution in [0.15, 0.2) is 54.6 Å². The molecule has 1 fully saturated rings. The second kappa shape index (κ2) is 45.6. The van der Waals surface area contributed by atoms with Crippen molar-refractivity contribution in [3.63, 3.8) is 0 Å². The van der Waals surface area contributed by atoms with Gasteiger partial charge in [0.15, 0.2) is 0 Å². The van der Waals surface area contributed by atoms with Crippen LogP contribution in [0.25, 0.3) is 0 Å². The third-order valence-corrected chi connectivity index (χ3v) is 17.6. The Hall–Kier alpha value is -9.75. The number of carbonyl (C=O) groups excluding carboxylic acids is 15. The maximum absolute atomic E-state index is 15.4. The lowest BCUT2D eigenvalue weighted by atomic mass is 9.96. The first-order chi connectivity index (χ1) is 54.6. The predicted octanol–water partition coefficient (Wildman–Crippen LogP) is 7.50. The molecular weight excluding hydrogens is 1540 g/mol. The average molecular weight is 1680 g/mol. The fraction of sp³-hybridized carbons (Fsp3) is 0.690. The summed E-state index contributed by atoms with van der Waals surface area (Å²) in [6.45, 7) is 42.0. The van der Waals surface area contributed by atoms with Crippen LogP contribution in [0.1, 0.15) is 268 Å². The van der Waals surface area contributed by atoms with Gasteiger partial charge in [0.2, 0.25) is 53.2 Å². The first-order valence-electron chi connectivity index (χ1n) is 41.2. The molecule has 32 nitrogen and oxygen atoms in total. The topological polar surface area (TPSA) is 446 Å². The van der Waals surface area contributed by atoms with E-state index in [-0.39, 0.29) is 51.0 Å². The van der Waals surface area contributed by atoms with E-state index in [1.165, 1.54) is 4.90 Å². The molecule has 0 aromatic heterocycles. The second-order valence-electron chi connectivity index (χ2n) is 37.8. The van der Waals surface area contributed by atoms with E-state index in [2.05, 4.69) is 42.5 Å². The van der Waals surface area contributed by atoms with Gasteiger partial charge < -0.3 is 86.3 Å². The van der Waals surface area contributed by atoms with Crippen molar-refractivity contribution >= 4 is 89.0 Å². The summed E-state index contributed by atoms with van der Waals surface area (Å²) in [5.41, 5.74) is 0.854. The van der Waals surface area contributed by atoms with Gasteiger partial charge in [-0.3, -0.25) is 67.1 Å². The third-order valence-electron chi connectivity index (χ3n) is 17.6. The molecule has 0 spiro atoms. The minimum absolute atomic E-state index is 0.00155. The number of nitrogens with one attached hydrogen (secondary N) is 8. The minimum Gasteiger partial charge on any atom is -0.488 e. The van der Waals surface area contributed by atoms with Crippen LogP contribution in [-0.2, 0) is 113 Å². The van der Waals surface area contributed by atoms with Crippen molar-refractivity contribution in [3.05, 3.63) is 65.7 Å². The minimum atomic E-state index is -1.71. The molecule has 2 aromatic carbocycles. The van der Waals surface area contributed by atoms with Crippen molar-refractivity contribution in [3.8, 4) is 5.75 Å². The highest BCUT2D eigenvalue weighted by Gasteiger charge is 2.43. The summed E-state index contributed by atoms with van der Waals surface area (Å²) >= 11 is 0. The van der Waals surface area contributed by atoms with Crippen LogP contribution in [0.3, 0.4) is 0 Å². The molecule has 11 atom stereocenters. The van der Waals surface area contributed by atoms with Crippen LogP contribution in [0.4, 0.5) is 0 Å². The van der Waals surface area contributed by atoms with Crippen LogP contribution < -0.4 is 53.0 Å². The molecule has 668 valence electrons. The standard InChI is InChI=1S/C87H138N10O22/c1-26-52(4)70(96-75(107)60(41-45-68(101)117-85(17,18)19)90-72(104)57(38-42-65(98)114-82(8,9)10)91-76(108)61(48-53-31-28-27-29-32-53)93-71(103)56(88)50-69(102)118-86(20,21)22)79(111)97-46-30-33-64(97)78(110)92-59(40-44-67(100)116-84(14,15)16)73(105)89-58(39-43-66(99)115-83(11,12)13)74(106)94-62(49-54-34-36-55(37-35-54)113-81(5,6)7)77(109)95-63(47-51(2)3)80(112)119-87(23,24)25/h27-29,31-32,34-37,51-52,56-64,70H,26,30,33,38-50,88H2,1-25H3,(H,89,105)(H,90,104)(H,91,108)(H,92,110)(H,93,103)(H,94,106)(H,95,109)(H,96,107)/t52-,56-,57-,58-,59-,60-,61-,62-,63-,64-,70-/m0/s1. The molecule has 1 aliphatic rings. The Kier molecular flexibility index (Phi) is 39.6. The van der Waals surface area contributed by atoms with Crippen LogP contribution in [-0.4, -0.2) is 200 Å². The highest BCUT2D eigenvalue weighted by Crippen LogP contribution is 2.26. The van der Waals surface area contributed by atoms with Crippen LogP contribution in [0.5, 0.6) is 5.75 Å². The molecule has 32 heteroatoms. The van der Waals surface area contributed by atoms with Gasteiger partial charge in [-0.25, -0.2) is 4.79 Å². The van der Waals surface area contributed by atoms with Gasteiger partial charge >= 0.3 is 35.8 Å². The van der Waals surface area contributed by atoms with E-state index >= 15 is 28.8 Å². The zero-order valence-corrected chi connectivity index (χ0v) is 74.9. The number of carbonyl (C=O) groups is 15. The van der Waals surface area contributed by atoms with Gasteiger partial charge in [-0.05, 0) is 225 Å². The first-order valence-corrected chi connectivity index (χ1v) is 41.2. The molecule has 2 aromatic rings. The van der Waals surface area contributed by atoms with Gasteiger partial charge in [0, 0.05) is 45.1 Å². The summed E-state index contributed by atoms with van der Waals surface area (Å²) in [6, 6.07) is -0.0417. The quantitative estimate of drug-likeness (QED) is 0.0230. The molecule has 1 aliphatic heterocycles. The van der Waals surface area contributed by atoms with Gasteiger partial charge in [-0.1, -0.05) is 76.6 Å². The lowest BCUT2D eigenvalue weighted by Gasteiger charge is -2.33. The van der Waals surface area contributed by atoms with Gasteiger partial charge in [0.1, 0.15) is 99.3 Å². The lowest BCUT2D eigenvalue weighted by molar-refractivity contribution is -0.159. The van der Waals surface area contributed by atoms with E-state index in [1.54, 1.807) is 193 Å². The molecular formula is C87H138N10O22. The summed E-state index contributed by atoms with van der Waals surface area (Å²) in [6.07, 6.45) is -4.10. The van der Waals surface area contributed by atoms with Gasteiger partial charge in [0.25, 0.3) is 0 Å². The van der Waals surface area contributed by atoms with Gasteiger partial charge in [0.05, 0.1) is 12.5 Å². The first kappa shape index (κ1) is 103. The van der Waals surface area contributed by atoms with Crippen LogP contribution >= 0.6 is 0 Å². The molecule has 0 bridgehead atoms. The van der Waals surface area contributed by atoms with E-state index < -0.39 is 252 Å². The molecule has 0 unspecified atom stereocenters. The van der Waals surface area contributed by atoms with E-state index in [4.69, 9.17) is 38.9 Å². The third kappa shape index (κ3) is 41.7. The number of hydrogen-bond acceptors (Lipinski definition) is 23. The van der Waals surface area contributed by atoms with Crippen molar-refractivity contribution in [1.82, 2.24) is 47.4 Å². The summed E-state index contributed by atoms with van der Waals surface area (Å²) in [7, 11) is 0. The molecule has 10 N–H and O–H groups in total. The van der Waals surface area contributed by atoms with Crippen molar-refractivity contribution in [2.75, 3.05) is 6.54 Å². The van der Waals surface area contributed by atoms with Crippen molar-refractivity contribution in [2.24, 2.45) is 17.6 Å². The van der Waals surface area contributed by atoms with Gasteiger partial charge in [-0.15, -0.1) is 0 Å². The Labute approximate surface area is 703 Å². The van der Waals surface area contributed by atoms with Crippen molar-refractivity contribution in [1.29, 1.82) is 0 Å². The van der Waals surface area contributed by atoms with Crippen molar-refractivity contribution < 1.29 is 105 Å². The molecule has 3 rings (SSSR count). The monoisotopic (exact) mass is 1670 g/mol. The summed E-state index contributed by atoms with van der Waals surface area (Å²) in [4.78, 5) is 216. The van der Waals surface area contributed by atoms with Crippen LogP contribution in [0, 0.1) is 11.8 Å². The van der Waals surface area contributed by atoms with E-state index in [0.29, 0.717) is 16.9 Å². The molecule has 1 heterocycles. The molecule has 9 amide bonds. The van der Waals surface area contributed by atoms with E-state index in [9.17, 15) is 43.2 Å². The Morgan fingerprint density at radius 2 is 0.739 bits per heavy atom. The maximum atomic E-state index is 15.4. The average Bonchev–Trinajstić information content (AvgIpc) is 1.78. The normalized spacial score (nSPS) is 16.0. The fourth-order valence-corrected chi connectivity index (χ4v) is 12.3. The SMILES string of the molecule is CC[C@H](C)[C@H](NC(=O)[C@H](CCC(=O)OC(C)(C)C)NC(=O)[C@H](CCC(=O)OC(C)(C)C)NC(=O)[C@H](Cc1ccccc1)NC(=O)[C@@H](N)CC(=O)OC(C)(C)C)C(=O)N1CCC[C@H]1C(=O)N[C@@H](CCC(=O)OC(C)(C)C)C(=O)N[C@@H](CCC(=O)OC(C)(C)C)C(=O)N[C@@H](Cc1ccc(OC(C)(C)C)cc1)C(=O)N[C@@H](CC(C)C)C(=O)OC(C)(C)C. The lowest BCUT2D eigenvalue weighted by Crippen LogP contribution is -2.61. The summed E-state index contributed by atoms with van der Waals surface area (Å²) < 4.78 is 39.5. The van der Waals surface area contributed by atoms with Crippen molar-refractivity contribution in [2.45, 2.75) is 369 Å². The number of rotatable bonds is 41. The molecule has 119 heavy (non-hydrogen) atoms. The zero-order chi connectivity index (χ0) is 90.7. The van der Waals surface area contributed by atoms with Gasteiger partial charge in [-0.2, -0.15) is 0 Å². The van der Waals surface area contributed by atoms with E-state index in [0.717, 1.165) is 0 Å². The highest BCUT2D eigenvalue weighted by molar-refractivity contribution is 6.00. The Morgan fingerprint density at radius 3 is 1.11 bits per heavy atom. The predicted molar refractivity (Wildman–Crippen MR) is 444 cm³/mol. The Bertz CT molecular complexity index is 3780. The number of likely N-dealkylation sites (tertiary alicyclic amines) is 1. The number of nitrogens with two attached hydrogens (primary N) is 1.